The minimum Gasteiger partial charge on any atom is -0.466 e. The highest BCUT2D eigenvalue weighted by Gasteiger charge is 2.50. The molecule has 6 nitrogen and oxygen atoms in total. The van der Waals surface area contributed by atoms with Crippen molar-refractivity contribution < 1.29 is 27.5 Å². The highest BCUT2D eigenvalue weighted by molar-refractivity contribution is 5.83. The van der Waals surface area contributed by atoms with Crippen LogP contribution >= 0.6 is 0 Å². The van der Waals surface area contributed by atoms with Crippen LogP contribution < -0.4 is 5.32 Å². The molecule has 1 aliphatic heterocycles. The van der Waals surface area contributed by atoms with Gasteiger partial charge in [0, 0.05) is 49.9 Å². The molecule has 0 aromatic carbocycles. The monoisotopic (exact) mass is 537 g/mol. The molecule has 3 aliphatic rings. The van der Waals surface area contributed by atoms with E-state index in [4.69, 9.17) is 4.74 Å². The van der Waals surface area contributed by atoms with Crippen molar-refractivity contribution in [1.82, 2.24) is 15.2 Å². The number of amides is 1. The van der Waals surface area contributed by atoms with Crippen molar-refractivity contribution in [2.75, 3.05) is 13.2 Å². The molecule has 2 fully saturated rings. The number of halogens is 3. The zero-order valence-corrected chi connectivity index (χ0v) is 22.9. The van der Waals surface area contributed by atoms with Crippen LogP contribution in [0.15, 0.2) is 12.3 Å². The summed E-state index contributed by atoms with van der Waals surface area (Å²) in [5.74, 6) is 0.665. The van der Waals surface area contributed by atoms with Crippen molar-refractivity contribution in [1.29, 1.82) is 0 Å². The number of hydrogen-bond acceptors (Lipinski definition) is 5. The zero-order valence-electron chi connectivity index (χ0n) is 22.9. The van der Waals surface area contributed by atoms with Crippen LogP contribution in [-0.2, 0) is 33.5 Å². The Hall–Kier alpha value is -2.16. The van der Waals surface area contributed by atoms with Crippen molar-refractivity contribution in [3.05, 3.63) is 29.1 Å². The Bertz CT molecular complexity index is 991. The molecule has 0 unspecified atom stereocenters. The SMILES string of the molecule is CCOC(=O)CCC1CCC(N[C@@H]2CC[C@@](C(=O)N3CCc4ncc(C(F)(F)F)cc4C3)(C(C)C)C2)CC1. The molecule has 212 valence electrons. The summed E-state index contributed by atoms with van der Waals surface area (Å²) in [5.41, 5.74) is -0.0961. The molecule has 2 heterocycles. The van der Waals surface area contributed by atoms with Gasteiger partial charge in [0.05, 0.1) is 17.6 Å². The molecule has 4 rings (SSSR count). The van der Waals surface area contributed by atoms with Crippen molar-refractivity contribution in [2.24, 2.45) is 17.3 Å². The first kappa shape index (κ1) is 28.8. The highest BCUT2D eigenvalue weighted by Crippen LogP contribution is 2.47. The van der Waals surface area contributed by atoms with Gasteiger partial charge in [-0.25, -0.2) is 0 Å². The molecule has 1 amide bonds. The Labute approximate surface area is 224 Å². The second-order valence-electron chi connectivity index (χ2n) is 11.8. The van der Waals surface area contributed by atoms with E-state index in [1.165, 1.54) is 0 Å². The number of alkyl halides is 3. The van der Waals surface area contributed by atoms with E-state index in [1.807, 2.05) is 6.92 Å². The van der Waals surface area contributed by atoms with Crippen LogP contribution in [0, 0.1) is 17.3 Å². The lowest BCUT2D eigenvalue weighted by atomic mass is 9.73. The molecule has 0 radical (unpaired) electrons. The Kier molecular flexibility index (Phi) is 9.05. The largest absolute Gasteiger partial charge is 0.466 e. The predicted octanol–water partition coefficient (Wildman–Crippen LogP) is 5.67. The van der Waals surface area contributed by atoms with Crippen molar-refractivity contribution in [2.45, 2.75) is 110 Å². The maximum Gasteiger partial charge on any atom is 0.417 e. The maximum absolute atomic E-state index is 13.9. The minimum atomic E-state index is -4.45. The number of pyridine rings is 1. The van der Waals surface area contributed by atoms with Crippen molar-refractivity contribution in [3.63, 3.8) is 0 Å². The van der Waals surface area contributed by atoms with E-state index >= 15 is 0 Å². The Morgan fingerprint density at radius 2 is 1.92 bits per heavy atom. The molecule has 0 spiro atoms. The summed E-state index contributed by atoms with van der Waals surface area (Å²) in [5, 5.41) is 3.83. The molecule has 9 heteroatoms. The van der Waals surface area contributed by atoms with Gasteiger partial charge in [0.15, 0.2) is 0 Å². The van der Waals surface area contributed by atoms with E-state index in [-0.39, 0.29) is 30.4 Å². The number of rotatable bonds is 8. The minimum absolute atomic E-state index is 0.0718. The third-order valence-corrected chi connectivity index (χ3v) is 9.11. The summed E-state index contributed by atoms with van der Waals surface area (Å²) in [6.45, 7) is 7.13. The van der Waals surface area contributed by atoms with Crippen LogP contribution in [0.4, 0.5) is 13.2 Å². The Morgan fingerprint density at radius 1 is 1.18 bits per heavy atom. The summed E-state index contributed by atoms with van der Waals surface area (Å²) in [7, 11) is 0. The highest BCUT2D eigenvalue weighted by atomic mass is 19.4. The maximum atomic E-state index is 13.9. The second kappa shape index (κ2) is 11.9. The van der Waals surface area contributed by atoms with Gasteiger partial charge in [-0.1, -0.05) is 13.8 Å². The number of ether oxygens (including phenoxy) is 1. The van der Waals surface area contributed by atoms with Crippen molar-refractivity contribution >= 4 is 11.9 Å². The lowest BCUT2D eigenvalue weighted by Crippen LogP contribution is -2.49. The van der Waals surface area contributed by atoms with E-state index in [9.17, 15) is 22.8 Å². The fourth-order valence-corrected chi connectivity index (χ4v) is 6.76. The quantitative estimate of drug-likeness (QED) is 0.433. The summed E-state index contributed by atoms with van der Waals surface area (Å²) in [6, 6.07) is 1.84. The fourth-order valence-electron chi connectivity index (χ4n) is 6.76. The fraction of sp³-hybridized carbons (Fsp3) is 0.759. The van der Waals surface area contributed by atoms with Gasteiger partial charge in [-0.05, 0) is 81.8 Å². The Morgan fingerprint density at radius 3 is 2.58 bits per heavy atom. The number of esters is 1. The zero-order chi connectivity index (χ0) is 27.5. The van der Waals surface area contributed by atoms with Gasteiger partial charge in [-0.3, -0.25) is 14.6 Å². The first-order chi connectivity index (χ1) is 18.0. The van der Waals surface area contributed by atoms with E-state index in [0.29, 0.717) is 49.2 Å². The van der Waals surface area contributed by atoms with E-state index in [0.717, 1.165) is 63.6 Å². The molecule has 0 saturated heterocycles. The molecule has 1 aromatic heterocycles. The van der Waals surface area contributed by atoms with E-state index in [2.05, 4.69) is 24.1 Å². The van der Waals surface area contributed by atoms with Gasteiger partial charge < -0.3 is 15.0 Å². The van der Waals surface area contributed by atoms with E-state index in [1.54, 1.807) is 4.90 Å². The topological polar surface area (TPSA) is 71.5 Å². The van der Waals surface area contributed by atoms with Gasteiger partial charge in [-0.15, -0.1) is 0 Å². The van der Waals surface area contributed by atoms with Crippen LogP contribution in [0.2, 0.25) is 0 Å². The lowest BCUT2D eigenvalue weighted by molar-refractivity contribution is -0.146. The van der Waals surface area contributed by atoms with Crippen LogP contribution in [0.25, 0.3) is 0 Å². The molecule has 2 saturated carbocycles. The van der Waals surface area contributed by atoms with E-state index < -0.39 is 17.2 Å². The first-order valence-electron chi connectivity index (χ1n) is 14.3. The molecule has 2 atom stereocenters. The van der Waals surface area contributed by atoms with Crippen LogP contribution in [0.1, 0.15) is 95.4 Å². The number of fused-ring (bicyclic) bond motifs is 1. The number of carbonyl (C=O) groups is 2. The number of aromatic nitrogens is 1. The number of nitrogens with one attached hydrogen (secondary N) is 1. The average molecular weight is 538 g/mol. The number of carbonyl (C=O) groups excluding carboxylic acids is 2. The predicted molar refractivity (Wildman–Crippen MR) is 138 cm³/mol. The smallest absolute Gasteiger partial charge is 0.417 e. The van der Waals surface area contributed by atoms with Gasteiger partial charge in [-0.2, -0.15) is 13.2 Å². The standard InChI is InChI=1S/C29H42F3N3O3/c1-4-38-26(36)10-7-20-5-8-23(9-6-20)34-24-11-13-28(16-24,19(2)3)27(37)35-14-12-25-21(18-35)15-22(17-33-25)29(30,31)32/h15,17,19-20,23-24,34H,4-14,16,18H2,1-3H3/t20?,23?,24-,28+/m1/s1. The van der Waals surface area contributed by atoms with Crippen LogP contribution in [0.3, 0.4) is 0 Å². The number of nitrogens with zero attached hydrogens (tertiary/aromatic N) is 2. The molecule has 38 heavy (non-hydrogen) atoms. The molecule has 2 aliphatic carbocycles. The van der Waals surface area contributed by atoms with Gasteiger partial charge >= 0.3 is 12.1 Å². The number of hydrogen-bond donors (Lipinski definition) is 1. The molecule has 1 aromatic rings. The summed E-state index contributed by atoms with van der Waals surface area (Å²) < 4.78 is 44.8. The average Bonchev–Trinajstić information content (AvgIpc) is 3.32. The third-order valence-electron chi connectivity index (χ3n) is 9.11. The van der Waals surface area contributed by atoms with Crippen LogP contribution in [0.5, 0.6) is 0 Å². The molecular weight excluding hydrogens is 495 g/mol. The van der Waals surface area contributed by atoms with Crippen LogP contribution in [-0.4, -0.2) is 47.0 Å². The lowest BCUT2D eigenvalue weighted by Gasteiger charge is -2.40. The summed E-state index contributed by atoms with van der Waals surface area (Å²) in [4.78, 5) is 31.4. The molecule has 1 N–H and O–H groups in total. The second-order valence-corrected chi connectivity index (χ2v) is 11.8. The summed E-state index contributed by atoms with van der Waals surface area (Å²) >= 11 is 0. The Balaban J connectivity index is 1.33. The normalized spacial score (nSPS) is 27.9. The summed E-state index contributed by atoms with van der Waals surface area (Å²) in [6.07, 6.45) is 5.13. The molecular formula is C29H42F3N3O3. The first-order valence-corrected chi connectivity index (χ1v) is 14.3. The molecule has 0 bridgehead atoms. The van der Waals surface area contributed by atoms with Gasteiger partial charge in [0.25, 0.3) is 0 Å². The van der Waals surface area contributed by atoms with Gasteiger partial charge in [0.2, 0.25) is 5.91 Å². The van der Waals surface area contributed by atoms with Gasteiger partial charge in [0.1, 0.15) is 0 Å². The third kappa shape index (κ3) is 6.52. The van der Waals surface area contributed by atoms with Crippen molar-refractivity contribution in [3.8, 4) is 0 Å².